The summed E-state index contributed by atoms with van der Waals surface area (Å²) < 4.78 is 6.00. The van der Waals surface area contributed by atoms with E-state index in [0.29, 0.717) is 11.3 Å². The number of benzene rings is 3. The number of β-lactam (4-membered cyclic amide) rings is 1. The molecule has 0 radical (unpaired) electrons. The van der Waals surface area contributed by atoms with E-state index in [1.165, 1.54) is 18.2 Å². The Hall–Kier alpha value is -4.53. The van der Waals surface area contributed by atoms with Crippen molar-refractivity contribution in [1.82, 2.24) is 9.80 Å². The maximum absolute atomic E-state index is 13.6. The fourth-order valence-corrected chi connectivity index (χ4v) is 5.07. The number of carbonyl (C=O) groups excluding carboxylic acids is 3. The van der Waals surface area contributed by atoms with Crippen LogP contribution in [0.5, 0.6) is 5.75 Å². The Morgan fingerprint density at radius 2 is 1.50 bits per heavy atom. The third kappa shape index (κ3) is 2.70. The molecule has 9 heteroatoms. The molecule has 168 valence electrons. The van der Waals surface area contributed by atoms with Crippen molar-refractivity contribution < 1.29 is 24.0 Å². The molecule has 0 aromatic heterocycles. The molecule has 1 fully saturated rings. The number of hydrogen-bond acceptors (Lipinski definition) is 6. The molecule has 34 heavy (non-hydrogen) atoms. The number of rotatable bonds is 3. The maximum Gasteiger partial charge on any atom is 0.270 e. The van der Waals surface area contributed by atoms with Gasteiger partial charge in [-0.15, -0.1) is 0 Å². The fourth-order valence-electron chi connectivity index (χ4n) is 5.07. The molecule has 3 aliphatic rings. The van der Waals surface area contributed by atoms with Crippen LogP contribution in [-0.2, 0) is 4.79 Å². The van der Waals surface area contributed by atoms with Crippen molar-refractivity contribution in [1.29, 1.82) is 0 Å². The summed E-state index contributed by atoms with van der Waals surface area (Å²) in [5.41, 5.74) is 1.53. The standard InChI is InChI=1S/C25H17N3O6/c29-23-16-8-4-5-9-17(16)24(30)27(23)22-21-18-12-15(28(32)33)10-11-20(18)34-13-19(26(21)25(22)31)14-6-2-1-3-7-14/h1-12,19,21-22H,13H2/t19-,21+,22+/m1/s1. The van der Waals surface area contributed by atoms with E-state index in [9.17, 15) is 24.5 Å². The molecule has 6 rings (SSSR count). The number of fused-ring (bicyclic) bond motifs is 4. The number of ether oxygens (including phenoxy) is 1. The number of imide groups is 1. The molecule has 9 nitrogen and oxygen atoms in total. The summed E-state index contributed by atoms with van der Waals surface area (Å²) in [6, 6.07) is 17.5. The van der Waals surface area contributed by atoms with E-state index >= 15 is 0 Å². The van der Waals surface area contributed by atoms with E-state index in [2.05, 4.69) is 0 Å². The summed E-state index contributed by atoms with van der Waals surface area (Å²) in [6.45, 7) is 0.131. The van der Waals surface area contributed by atoms with Crippen molar-refractivity contribution in [3.8, 4) is 5.75 Å². The van der Waals surface area contributed by atoms with Crippen LogP contribution in [0.25, 0.3) is 0 Å². The Balaban J connectivity index is 1.49. The van der Waals surface area contributed by atoms with Gasteiger partial charge in [0.05, 0.1) is 28.1 Å². The van der Waals surface area contributed by atoms with E-state index in [-0.39, 0.29) is 23.4 Å². The lowest BCUT2D eigenvalue weighted by Crippen LogP contribution is -2.67. The van der Waals surface area contributed by atoms with Crippen molar-refractivity contribution in [2.75, 3.05) is 6.61 Å². The van der Waals surface area contributed by atoms with Gasteiger partial charge in [0.1, 0.15) is 18.4 Å². The normalized spacial score (nSPS) is 22.8. The van der Waals surface area contributed by atoms with Gasteiger partial charge in [-0.1, -0.05) is 42.5 Å². The van der Waals surface area contributed by atoms with Gasteiger partial charge in [0.25, 0.3) is 17.5 Å². The summed E-state index contributed by atoms with van der Waals surface area (Å²) in [5.74, 6) is -1.12. The average molecular weight is 455 g/mol. The molecule has 0 N–H and O–H groups in total. The Kier molecular flexibility index (Phi) is 4.28. The second kappa shape index (κ2) is 7.24. The van der Waals surface area contributed by atoms with E-state index in [1.54, 1.807) is 29.2 Å². The Labute approximate surface area is 193 Å². The van der Waals surface area contributed by atoms with Gasteiger partial charge in [0.2, 0.25) is 5.91 Å². The number of non-ortho nitro benzene ring substituents is 1. The lowest BCUT2D eigenvalue weighted by molar-refractivity contribution is -0.385. The molecule has 3 aromatic rings. The zero-order valence-corrected chi connectivity index (χ0v) is 17.7. The first-order valence-electron chi connectivity index (χ1n) is 10.7. The van der Waals surface area contributed by atoms with E-state index in [0.717, 1.165) is 10.5 Å². The average Bonchev–Trinajstić information content (AvgIpc) is 3.01. The molecule has 0 unspecified atom stereocenters. The van der Waals surface area contributed by atoms with Gasteiger partial charge in [-0.05, 0) is 23.8 Å². The van der Waals surface area contributed by atoms with Crippen LogP contribution >= 0.6 is 0 Å². The zero-order chi connectivity index (χ0) is 23.6. The van der Waals surface area contributed by atoms with Crippen molar-refractivity contribution in [3.63, 3.8) is 0 Å². The van der Waals surface area contributed by atoms with Crippen molar-refractivity contribution in [3.05, 3.63) is 105 Å². The van der Waals surface area contributed by atoms with Crippen LogP contribution < -0.4 is 4.74 Å². The van der Waals surface area contributed by atoms with Crippen LogP contribution in [-0.4, -0.2) is 45.1 Å². The van der Waals surface area contributed by atoms with E-state index in [1.807, 2.05) is 30.3 Å². The second-order valence-corrected chi connectivity index (χ2v) is 8.38. The Morgan fingerprint density at radius 3 is 2.15 bits per heavy atom. The summed E-state index contributed by atoms with van der Waals surface area (Å²) in [6.07, 6.45) is 0. The van der Waals surface area contributed by atoms with E-state index < -0.39 is 40.8 Å². The predicted molar refractivity (Wildman–Crippen MR) is 118 cm³/mol. The quantitative estimate of drug-likeness (QED) is 0.259. The van der Waals surface area contributed by atoms with Crippen molar-refractivity contribution >= 4 is 23.4 Å². The summed E-state index contributed by atoms with van der Waals surface area (Å²) in [4.78, 5) is 53.5. The monoisotopic (exact) mass is 455 g/mol. The highest BCUT2D eigenvalue weighted by atomic mass is 16.6. The van der Waals surface area contributed by atoms with Gasteiger partial charge in [0, 0.05) is 17.7 Å². The molecule has 0 bridgehead atoms. The Bertz CT molecular complexity index is 1350. The van der Waals surface area contributed by atoms with Crippen LogP contribution in [0.2, 0.25) is 0 Å². The molecule has 3 aliphatic heterocycles. The third-order valence-corrected chi connectivity index (χ3v) is 6.65. The Morgan fingerprint density at radius 1 is 0.853 bits per heavy atom. The lowest BCUT2D eigenvalue weighted by atomic mass is 9.84. The van der Waals surface area contributed by atoms with E-state index in [4.69, 9.17) is 4.74 Å². The number of nitrogens with zero attached hydrogens (tertiary/aromatic N) is 3. The molecule has 3 amide bonds. The molecule has 0 spiro atoms. The van der Waals surface area contributed by atoms with Crippen LogP contribution in [0.3, 0.4) is 0 Å². The van der Waals surface area contributed by atoms with Gasteiger partial charge in [-0.2, -0.15) is 0 Å². The fraction of sp³-hybridized carbons (Fsp3) is 0.160. The zero-order valence-electron chi connectivity index (χ0n) is 17.7. The minimum absolute atomic E-state index is 0.131. The van der Waals surface area contributed by atoms with Crippen molar-refractivity contribution in [2.45, 2.75) is 18.1 Å². The SMILES string of the molecule is O=C1c2ccccc2C(=O)N1[C@@H]1C(=O)N2[C@@H](c3ccccc3)COc3ccc([N+](=O)[O-])cc3[C@@H]12. The number of amides is 3. The highest BCUT2D eigenvalue weighted by molar-refractivity contribution is 6.23. The van der Waals surface area contributed by atoms with Crippen molar-refractivity contribution in [2.24, 2.45) is 0 Å². The number of hydrogen-bond donors (Lipinski definition) is 0. The molecule has 0 saturated carbocycles. The first kappa shape index (κ1) is 20.1. The number of nitro groups is 1. The molecular weight excluding hydrogens is 438 g/mol. The lowest BCUT2D eigenvalue weighted by Gasteiger charge is -2.51. The second-order valence-electron chi connectivity index (χ2n) is 8.38. The first-order chi connectivity index (χ1) is 16.5. The third-order valence-electron chi connectivity index (χ3n) is 6.65. The molecule has 3 heterocycles. The molecule has 3 atom stereocenters. The topological polar surface area (TPSA) is 110 Å². The summed E-state index contributed by atoms with van der Waals surface area (Å²) in [7, 11) is 0. The van der Waals surface area contributed by atoms with Gasteiger partial charge < -0.3 is 9.64 Å². The molecule has 0 aliphatic carbocycles. The largest absolute Gasteiger partial charge is 0.491 e. The van der Waals surface area contributed by atoms with Gasteiger partial charge in [-0.3, -0.25) is 29.4 Å². The predicted octanol–water partition coefficient (Wildman–Crippen LogP) is 3.28. The summed E-state index contributed by atoms with van der Waals surface area (Å²) >= 11 is 0. The number of nitro benzene ring substituents is 1. The minimum Gasteiger partial charge on any atom is -0.491 e. The molecule has 3 aromatic carbocycles. The molecule has 1 saturated heterocycles. The van der Waals surface area contributed by atoms with Crippen LogP contribution in [0, 0.1) is 10.1 Å². The number of carbonyl (C=O) groups is 3. The smallest absolute Gasteiger partial charge is 0.270 e. The summed E-state index contributed by atoms with van der Waals surface area (Å²) in [5, 5.41) is 11.5. The van der Waals surface area contributed by atoms with Gasteiger partial charge in [-0.25, -0.2) is 0 Å². The van der Waals surface area contributed by atoms with Gasteiger partial charge in [0.15, 0.2) is 0 Å². The van der Waals surface area contributed by atoms with Gasteiger partial charge >= 0.3 is 0 Å². The highest BCUT2D eigenvalue weighted by Gasteiger charge is 2.60. The van der Waals surface area contributed by atoms with Crippen LogP contribution in [0.4, 0.5) is 5.69 Å². The maximum atomic E-state index is 13.6. The van der Waals surface area contributed by atoms with Crippen LogP contribution in [0.1, 0.15) is 43.9 Å². The highest BCUT2D eigenvalue weighted by Crippen LogP contribution is 2.50. The molecular formula is C25H17N3O6. The first-order valence-corrected chi connectivity index (χ1v) is 10.7. The minimum atomic E-state index is -1.12. The van der Waals surface area contributed by atoms with Crippen LogP contribution in [0.15, 0.2) is 72.8 Å².